The van der Waals surface area contributed by atoms with E-state index in [-0.39, 0.29) is 33.6 Å². The van der Waals surface area contributed by atoms with Gasteiger partial charge in [0.1, 0.15) is 39.6 Å². The number of phenols is 5. The lowest BCUT2D eigenvalue weighted by atomic mass is 9.44. The topological polar surface area (TPSA) is 173 Å². The molecule has 0 saturated heterocycles. The molecule has 2 atom stereocenters. The highest BCUT2D eigenvalue weighted by Crippen LogP contribution is 2.75. The van der Waals surface area contributed by atoms with Crippen molar-refractivity contribution in [2.24, 2.45) is 5.41 Å². The van der Waals surface area contributed by atoms with Crippen molar-refractivity contribution in [2.45, 2.75) is 10.8 Å². The number of carbonyl (C=O) groups excluding carboxylic acids is 2. The largest absolute Gasteiger partial charge is 0.508 e. The van der Waals surface area contributed by atoms with Crippen LogP contribution in [0.2, 0.25) is 0 Å². The van der Waals surface area contributed by atoms with E-state index in [9.17, 15) is 45.0 Å². The van der Waals surface area contributed by atoms with Gasteiger partial charge in [0.15, 0.2) is 11.6 Å². The predicted octanol–water partition coefficient (Wildman–Crippen LogP) is 2.76. The molecule has 1 spiro atoms. The molecule has 37 heavy (non-hydrogen) atoms. The number of aliphatic carboxylic acids is 1. The number of phenolic OH excluding ortho intramolecular Hbond substituents is 5. The van der Waals surface area contributed by atoms with Gasteiger partial charge in [0.05, 0.1) is 5.41 Å². The van der Waals surface area contributed by atoms with E-state index in [1.54, 1.807) is 0 Å². The minimum atomic E-state index is -2.36. The zero-order valence-corrected chi connectivity index (χ0v) is 18.8. The number of carbonyl (C=O) groups is 3. The molecule has 0 aromatic heterocycles. The minimum absolute atomic E-state index is 0.143. The van der Waals surface area contributed by atoms with Crippen molar-refractivity contribution in [3.05, 3.63) is 101 Å². The first-order valence-corrected chi connectivity index (χ1v) is 11.2. The Morgan fingerprint density at radius 1 is 0.703 bits per heavy atom. The highest BCUT2D eigenvalue weighted by atomic mass is 16.4. The Hall–Kier alpha value is -5.05. The molecule has 3 aromatic carbocycles. The molecule has 0 amide bonds. The Morgan fingerprint density at radius 2 is 1.27 bits per heavy atom. The molecule has 0 radical (unpaired) electrons. The monoisotopic (exact) mass is 498 g/mol. The number of carboxylic acid groups (broad SMARTS) is 1. The van der Waals surface area contributed by atoms with E-state index in [1.807, 2.05) is 0 Å². The van der Waals surface area contributed by atoms with E-state index in [0.717, 1.165) is 36.4 Å². The number of Topliss-reactive ketones (excluding diaryl/α,β-unsaturated/α-hetero) is 1. The van der Waals surface area contributed by atoms with E-state index >= 15 is 0 Å². The van der Waals surface area contributed by atoms with Crippen molar-refractivity contribution in [3.8, 4) is 28.7 Å². The second kappa shape index (κ2) is 6.79. The number of ketones is 2. The van der Waals surface area contributed by atoms with Crippen LogP contribution in [0.25, 0.3) is 0 Å². The fourth-order valence-electron chi connectivity index (χ4n) is 6.71. The third-order valence-corrected chi connectivity index (χ3v) is 7.83. The van der Waals surface area contributed by atoms with Crippen LogP contribution in [0.5, 0.6) is 28.7 Å². The summed E-state index contributed by atoms with van der Waals surface area (Å²) in [5.41, 5.74) is -7.21. The molecule has 3 aliphatic rings. The second-order valence-electron chi connectivity index (χ2n) is 9.39. The zero-order valence-electron chi connectivity index (χ0n) is 18.8. The average molecular weight is 498 g/mol. The van der Waals surface area contributed by atoms with Crippen LogP contribution >= 0.6 is 0 Å². The fourth-order valence-corrected chi connectivity index (χ4v) is 6.71. The van der Waals surface area contributed by atoms with E-state index in [0.29, 0.717) is 0 Å². The molecule has 0 unspecified atom stereocenters. The normalized spacial score (nSPS) is 24.2. The number of hydrogen-bond donors (Lipinski definition) is 6. The van der Waals surface area contributed by atoms with E-state index in [1.165, 1.54) is 36.4 Å². The molecule has 3 aromatic rings. The average Bonchev–Trinajstić information content (AvgIpc) is 2.99. The predicted molar refractivity (Wildman–Crippen MR) is 127 cm³/mol. The molecule has 9 heteroatoms. The number of fused-ring (bicyclic) bond motifs is 5. The molecule has 0 fully saturated rings. The number of aromatic hydroxyl groups is 5. The number of carboxylic acids is 1. The lowest BCUT2D eigenvalue weighted by Crippen LogP contribution is -2.62. The second-order valence-corrected chi connectivity index (χ2v) is 9.39. The van der Waals surface area contributed by atoms with Gasteiger partial charge >= 0.3 is 5.97 Å². The Labute approximate surface area is 208 Å². The number of hydrogen-bond acceptors (Lipinski definition) is 8. The highest BCUT2D eigenvalue weighted by Gasteiger charge is 2.80. The molecule has 0 saturated carbocycles. The Balaban J connectivity index is 1.98. The molecule has 3 aliphatic carbocycles. The summed E-state index contributed by atoms with van der Waals surface area (Å²) in [6.07, 6.45) is 4.79. The van der Waals surface area contributed by atoms with Crippen molar-refractivity contribution in [1.29, 1.82) is 0 Å². The van der Waals surface area contributed by atoms with Gasteiger partial charge in [-0.3, -0.25) is 14.4 Å². The van der Waals surface area contributed by atoms with Gasteiger partial charge in [-0.25, -0.2) is 0 Å². The van der Waals surface area contributed by atoms with Gasteiger partial charge in [-0.05, 0) is 47.5 Å². The third-order valence-electron chi connectivity index (χ3n) is 7.83. The highest BCUT2D eigenvalue weighted by molar-refractivity contribution is 6.19. The van der Waals surface area contributed by atoms with Gasteiger partial charge in [0, 0.05) is 28.8 Å². The summed E-state index contributed by atoms with van der Waals surface area (Å²) < 4.78 is 0. The van der Waals surface area contributed by atoms with Crippen molar-refractivity contribution in [2.75, 3.05) is 0 Å². The molecule has 6 rings (SSSR count). The van der Waals surface area contributed by atoms with Crippen LogP contribution in [0, 0.1) is 5.41 Å². The van der Waals surface area contributed by atoms with Crippen LogP contribution in [-0.2, 0) is 20.4 Å². The number of benzene rings is 3. The van der Waals surface area contributed by atoms with Crippen LogP contribution < -0.4 is 0 Å². The van der Waals surface area contributed by atoms with Gasteiger partial charge < -0.3 is 30.6 Å². The maximum Gasteiger partial charge on any atom is 0.320 e. The van der Waals surface area contributed by atoms with Crippen LogP contribution in [0.15, 0.2) is 72.8 Å². The van der Waals surface area contributed by atoms with Gasteiger partial charge in [-0.1, -0.05) is 24.3 Å². The molecule has 9 nitrogen and oxygen atoms in total. The number of rotatable bonds is 2. The molecule has 6 N–H and O–H groups in total. The first-order chi connectivity index (χ1) is 17.5. The summed E-state index contributed by atoms with van der Waals surface area (Å²) in [5, 5.41) is 64.1. The smallest absolute Gasteiger partial charge is 0.320 e. The number of allylic oxidation sites excluding steroid dienone is 4. The molecule has 0 heterocycles. The Kier molecular flexibility index (Phi) is 4.11. The van der Waals surface area contributed by atoms with Gasteiger partial charge in [-0.2, -0.15) is 0 Å². The van der Waals surface area contributed by atoms with E-state index in [2.05, 4.69) is 0 Å². The summed E-state index contributed by atoms with van der Waals surface area (Å²) in [6, 6.07) is 9.41. The van der Waals surface area contributed by atoms with Crippen molar-refractivity contribution < 1.29 is 45.0 Å². The van der Waals surface area contributed by atoms with Crippen molar-refractivity contribution in [1.82, 2.24) is 0 Å². The SMILES string of the molecule is O=C1C=CC2(C=C1)[C@@]1(C(=O)O)c3cc(O)cc(O)c3[C@]2(c2ccc(O)cc2)C(=O)c2cc(O)cc(O)c21. The summed E-state index contributed by atoms with van der Waals surface area (Å²) in [4.78, 5) is 40.6. The van der Waals surface area contributed by atoms with Gasteiger partial charge in [0.2, 0.25) is 0 Å². The molecule has 0 aliphatic heterocycles. The third kappa shape index (κ3) is 2.27. The summed E-state index contributed by atoms with van der Waals surface area (Å²) in [6.45, 7) is 0. The lowest BCUT2D eigenvalue weighted by Gasteiger charge is -2.53. The summed E-state index contributed by atoms with van der Waals surface area (Å²) in [7, 11) is 0. The maximum atomic E-state index is 14.7. The van der Waals surface area contributed by atoms with Gasteiger partial charge in [0.25, 0.3) is 0 Å². The van der Waals surface area contributed by atoms with Crippen LogP contribution in [0.3, 0.4) is 0 Å². The Morgan fingerprint density at radius 3 is 1.86 bits per heavy atom. The van der Waals surface area contributed by atoms with Crippen LogP contribution in [-0.4, -0.2) is 48.2 Å². The quantitative estimate of drug-likeness (QED) is 0.311. The Bertz CT molecular complexity index is 1630. The standard InChI is InChI=1S/C28H18O9/c29-14-3-1-13(2-4-14)27-23-19(10-17(32)12-21(23)34)28(25(36)37,26(27)7-5-15(30)6-8-26)22-18(24(27)35)9-16(31)11-20(22)33/h1-12,29,31-34H,(H,36,37)/t27-,28+/m1/s1. The summed E-state index contributed by atoms with van der Waals surface area (Å²) >= 11 is 0. The maximum absolute atomic E-state index is 14.7. The van der Waals surface area contributed by atoms with E-state index < -0.39 is 56.8 Å². The minimum Gasteiger partial charge on any atom is -0.508 e. The van der Waals surface area contributed by atoms with Crippen LogP contribution in [0.4, 0.5) is 0 Å². The summed E-state index contributed by atoms with van der Waals surface area (Å²) in [5.74, 6) is -5.22. The first kappa shape index (κ1) is 22.4. The molecular weight excluding hydrogens is 480 g/mol. The van der Waals surface area contributed by atoms with Crippen molar-refractivity contribution in [3.63, 3.8) is 0 Å². The lowest BCUT2D eigenvalue weighted by molar-refractivity contribution is -0.145. The zero-order chi connectivity index (χ0) is 26.5. The van der Waals surface area contributed by atoms with Gasteiger partial charge in [-0.15, -0.1) is 0 Å². The van der Waals surface area contributed by atoms with Crippen molar-refractivity contribution >= 4 is 17.5 Å². The fraction of sp³-hybridized carbons (Fsp3) is 0.107. The van der Waals surface area contributed by atoms with Crippen LogP contribution in [0.1, 0.15) is 32.6 Å². The molecule has 2 bridgehead atoms. The molecular formula is C28H18O9. The molecule has 184 valence electrons. The van der Waals surface area contributed by atoms with E-state index in [4.69, 9.17) is 0 Å². The first-order valence-electron chi connectivity index (χ1n) is 11.2.